The first kappa shape index (κ1) is 20.0. The number of hydrogen-bond donors (Lipinski definition) is 0. The van der Waals surface area contributed by atoms with Crippen molar-refractivity contribution in [3.05, 3.63) is 64.1 Å². The molecule has 0 aromatic heterocycles. The Labute approximate surface area is 189 Å². The third-order valence-corrected chi connectivity index (χ3v) is 6.64. The van der Waals surface area contributed by atoms with Gasteiger partial charge in [0.1, 0.15) is 10.4 Å². The standard InChI is InChI=1S/C23H19NO5S2/c1-13-16(9-15-4-3-5-18(26-2)21(15)29-13)10-20-22(25)24(23(30)31-20)11-14-6-7-17-19(8-14)28-12-27-17/h3-10,13H,11-12H2,1-2H3/b20-10-. The van der Waals surface area contributed by atoms with Gasteiger partial charge in [-0.25, -0.2) is 0 Å². The van der Waals surface area contributed by atoms with Crippen LogP contribution in [-0.4, -0.2) is 35.1 Å². The predicted octanol–water partition coefficient (Wildman–Crippen LogP) is 4.53. The second-order valence-corrected chi connectivity index (χ2v) is 8.91. The average molecular weight is 454 g/mol. The number of thiocarbonyl (C=S) groups is 1. The van der Waals surface area contributed by atoms with Gasteiger partial charge in [-0.3, -0.25) is 9.69 Å². The van der Waals surface area contributed by atoms with Crippen LogP contribution >= 0.6 is 24.0 Å². The maximum absolute atomic E-state index is 13.1. The minimum atomic E-state index is -0.221. The molecule has 31 heavy (non-hydrogen) atoms. The van der Waals surface area contributed by atoms with Crippen LogP contribution < -0.4 is 18.9 Å². The topological polar surface area (TPSA) is 57.2 Å². The first-order chi connectivity index (χ1) is 15.0. The van der Waals surface area contributed by atoms with Crippen molar-refractivity contribution in [1.82, 2.24) is 4.90 Å². The van der Waals surface area contributed by atoms with Crippen molar-refractivity contribution in [2.24, 2.45) is 0 Å². The number of benzene rings is 2. The second-order valence-electron chi connectivity index (χ2n) is 7.24. The molecule has 0 saturated carbocycles. The molecule has 6 nitrogen and oxygen atoms in total. The van der Waals surface area contributed by atoms with Gasteiger partial charge in [0.25, 0.3) is 5.91 Å². The summed E-state index contributed by atoms with van der Waals surface area (Å²) in [4.78, 5) is 15.3. The fraction of sp³-hybridized carbons (Fsp3) is 0.217. The van der Waals surface area contributed by atoms with Crippen LogP contribution in [0.5, 0.6) is 23.0 Å². The Bertz CT molecular complexity index is 1160. The van der Waals surface area contributed by atoms with Gasteiger partial charge in [0.15, 0.2) is 23.0 Å². The lowest BCUT2D eigenvalue weighted by Crippen LogP contribution is -2.27. The molecular weight excluding hydrogens is 434 g/mol. The Hall–Kier alpha value is -2.97. The number of methoxy groups -OCH3 is 1. The zero-order valence-corrected chi connectivity index (χ0v) is 18.5. The molecule has 2 aromatic carbocycles. The summed E-state index contributed by atoms with van der Waals surface area (Å²) in [5, 5.41) is 0. The van der Waals surface area contributed by atoms with E-state index in [1.165, 1.54) is 11.8 Å². The molecule has 1 saturated heterocycles. The van der Waals surface area contributed by atoms with Crippen molar-refractivity contribution in [3.8, 4) is 23.0 Å². The maximum Gasteiger partial charge on any atom is 0.266 e. The summed E-state index contributed by atoms with van der Waals surface area (Å²) in [6, 6.07) is 11.4. The molecule has 3 heterocycles. The Morgan fingerprint density at radius 3 is 2.94 bits per heavy atom. The summed E-state index contributed by atoms with van der Waals surface area (Å²) < 4.78 is 22.8. The van der Waals surface area contributed by atoms with E-state index in [9.17, 15) is 4.79 Å². The van der Waals surface area contributed by atoms with E-state index in [2.05, 4.69) is 0 Å². The largest absolute Gasteiger partial charge is 0.493 e. The zero-order valence-electron chi connectivity index (χ0n) is 16.9. The van der Waals surface area contributed by atoms with E-state index in [-0.39, 0.29) is 18.8 Å². The number of rotatable bonds is 4. The quantitative estimate of drug-likeness (QED) is 0.498. The first-order valence-corrected chi connectivity index (χ1v) is 10.9. The summed E-state index contributed by atoms with van der Waals surface area (Å²) in [5.41, 5.74) is 2.75. The highest BCUT2D eigenvalue weighted by Crippen LogP contribution is 2.40. The van der Waals surface area contributed by atoms with E-state index in [0.717, 1.165) is 16.7 Å². The molecule has 1 atom stereocenters. The molecule has 0 N–H and O–H groups in total. The highest BCUT2D eigenvalue weighted by molar-refractivity contribution is 8.26. The number of fused-ring (bicyclic) bond motifs is 2. The monoisotopic (exact) mass is 453 g/mol. The Balaban J connectivity index is 1.39. The van der Waals surface area contributed by atoms with Gasteiger partial charge in [0, 0.05) is 5.56 Å². The highest BCUT2D eigenvalue weighted by Gasteiger charge is 2.33. The Kier molecular flexibility index (Phi) is 5.11. The molecule has 0 spiro atoms. The Morgan fingerprint density at radius 1 is 1.26 bits per heavy atom. The first-order valence-electron chi connectivity index (χ1n) is 9.72. The molecule has 0 aliphatic carbocycles. The van der Waals surface area contributed by atoms with Crippen molar-refractivity contribution in [1.29, 1.82) is 0 Å². The number of nitrogens with zero attached hydrogens (tertiary/aromatic N) is 1. The van der Waals surface area contributed by atoms with Crippen LogP contribution in [0, 0.1) is 0 Å². The van der Waals surface area contributed by atoms with Crippen molar-refractivity contribution in [2.75, 3.05) is 13.9 Å². The number of ether oxygens (including phenoxy) is 4. The minimum Gasteiger partial charge on any atom is -0.493 e. The molecule has 8 heteroatoms. The maximum atomic E-state index is 13.1. The SMILES string of the molecule is COc1cccc2c1OC(C)C(/C=C1\SC(=S)N(Cc3ccc4c(c3)OCO4)C1=O)=C2. The van der Waals surface area contributed by atoms with Gasteiger partial charge in [0.2, 0.25) is 6.79 Å². The number of amides is 1. The van der Waals surface area contributed by atoms with E-state index < -0.39 is 0 Å². The molecule has 3 aliphatic rings. The van der Waals surface area contributed by atoms with E-state index in [0.29, 0.717) is 38.8 Å². The van der Waals surface area contributed by atoms with Crippen LogP contribution in [0.25, 0.3) is 6.08 Å². The van der Waals surface area contributed by atoms with Gasteiger partial charge in [-0.2, -0.15) is 0 Å². The number of hydrogen-bond acceptors (Lipinski definition) is 7. The molecule has 0 radical (unpaired) electrons. The van der Waals surface area contributed by atoms with Crippen LogP contribution in [0.3, 0.4) is 0 Å². The lowest BCUT2D eigenvalue weighted by Gasteiger charge is -2.24. The normalized spacial score (nSPS) is 20.6. The molecule has 158 valence electrons. The van der Waals surface area contributed by atoms with Crippen molar-refractivity contribution >= 4 is 40.3 Å². The molecule has 1 amide bonds. The highest BCUT2D eigenvalue weighted by atomic mass is 32.2. The molecular formula is C23H19NO5S2. The number of thioether (sulfide) groups is 1. The van der Waals surface area contributed by atoms with E-state index in [4.69, 9.17) is 31.2 Å². The number of para-hydroxylation sites is 1. The van der Waals surface area contributed by atoms with E-state index >= 15 is 0 Å². The van der Waals surface area contributed by atoms with Crippen molar-refractivity contribution in [3.63, 3.8) is 0 Å². The molecule has 1 unspecified atom stereocenters. The minimum absolute atomic E-state index is 0.114. The fourth-order valence-electron chi connectivity index (χ4n) is 3.64. The molecule has 1 fully saturated rings. The lowest BCUT2D eigenvalue weighted by molar-refractivity contribution is -0.122. The summed E-state index contributed by atoms with van der Waals surface area (Å²) in [5.74, 6) is 2.69. The molecule has 5 rings (SSSR count). The van der Waals surface area contributed by atoms with Crippen LogP contribution in [0.4, 0.5) is 0 Å². The number of carbonyl (C=O) groups excluding carboxylic acids is 1. The van der Waals surface area contributed by atoms with Crippen molar-refractivity contribution < 1.29 is 23.7 Å². The summed E-state index contributed by atoms with van der Waals surface area (Å²) in [7, 11) is 1.62. The predicted molar refractivity (Wildman–Crippen MR) is 122 cm³/mol. The van der Waals surface area contributed by atoms with Gasteiger partial charge < -0.3 is 18.9 Å². The van der Waals surface area contributed by atoms with Gasteiger partial charge >= 0.3 is 0 Å². The molecule has 0 bridgehead atoms. The summed E-state index contributed by atoms with van der Waals surface area (Å²) >= 11 is 6.79. The van der Waals surface area contributed by atoms with Crippen LogP contribution in [0.1, 0.15) is 18.1 Å². The van der Waals surface area contributed by atoms with Crippen LogP contribution in [0.15, 0.2) is 53.0 Å². The Morgan fingerprint density at radius 2 is 2.10 bits per heavy atom. The lowest BCUT2D eigenvalue weighted by atomic mass is 10.0. The molecule has 3 aliphatic heterocycles. The van der Waals surface area contributed by atoms with Gasteiger partial charge in [0.05, 0.1) is 18.6 Å². The van der Waals surface area contributed by atoms with Gasteiger partial charge in [-0.05, 0) is 48.4 Å². The van der Waals surface area contributed by atoms with E-state index in [1.807, 2.05) is 55.5 Å². The fourth-order valence-corrected chi connectivity index (χ4v) is 4.90. The molecule has 2 aromatic rings. The average Bonchev–Trinajstić information content (AvgIpc) is 3.33. The summed E-state index contributed by atoms with van der Waals surface area (Å²) in [6.45, 7) is 2.54. The third kappa shape index (κ3) is 3.66. The zero-order chi connectivity index (χ0) is 21.5. The summed E-state index contributed by atoms with van der Waals surface area (Å²) in [6.07, 6.45) is 3.67. The third-order valence-electron chi connectivity index (χ3n) is 5.26. The van der Waals surface area contributed by atoms with Crippen molar-refractivity contribution in [2.45, 2.75) is 19.6 Å². The second kappa shape index (κ2) is 7.94. The van der Waals surface area contributed by atoms with E-state index in [1.54, 1.807) is 12.0 Å². The van der Waals surface area contributed by atoms with Gasteiger partial charge in [-0.1, -0.05) is 42.2 Å². The smallest absolute Gasteiger partial charge is 0.266 e. The van der Waals surface area contributed by atoms with Crippen LogP contribution in [-0.2, 0) is 11.3 Å². The number of carbonyl (C=O) groups is 1. The van der Waals surface area contributed by atoms with Gasteiger partial charge in [-0.15, -0.1) is 0 Å². The van der Waals surface area contributed by atoms with Crippen LogP contribution in [0.2, 0.25) is 0 Å².